The van der Waals surface area contributed by atoms with Crippen molar-refractivity contribution in [3.05, 3.63) is 59.1 Å². The van der Waals surface area contributed by atoms with E-state index in [-0.39, 0.29) is 29.5 Å². The maximum Gasteiger partial charge on any atom is 0.205 e. The van der Waals surface area contributed by atoms with Crippen molar-refractivity contribution >= 4 is 11.6 Å². The van der Waals surface area contributed by atoms with Gasteiger partial charge in [-0.05, 0) is 54.9 Å². The van der Waals surface area contributed by atoms with E-state index >= 15 is 0 Å². The summed E-state index contributed by atoms with van der Waals surface area (Å²) < 4.78 is 4.92. The van der Waals surface area contributed by atoms with Gasteiger partial charge in [-0.1, -0.05) is 82.6 Å². The topological polar surface area (TPSA) is 83.8 Å². The van der Waals surface area contributed by atoms with Crippen LogP contribution in [0.2, 0.25) is 0 Å². The Morgan fingerprint density at radius 2 is 1.66 bits per heavy atom. The molecule has 2 aliphatic carbocycles. The van der Waals surface area contributed by atoms with Gasteiger partial charge in [-0.25, -0.2) is 0 Å². The first-order valence-corrected chi connectivity index (χ1v) is 13.4. The highest BCUT2D eigenvalue weighted by atomic mass is 16.5. The molecule has 0 fully saturated rings. The van der Waals surface area contributed by atoms with Gasteiger partial charge in [0.25, 0.3) is 0 Å². The minimum Gasteiger partial charge on any atom is -0.504 e. The number of methoxy groups -OCH3 is 1. The zero-order valence-corrected chi connectivity index (χ0v) is 21.6. The van der Waals surface area contributed by atoms with Gasteiger partial charge in [0, 0.05) is 12.8 Å². The van der Waals surface area contributed by atoms with Crippen LogP contribution in [0.4, 0.5) is 0 Å². The van der Waals surface area contributed by atoms with Crippen molar-refractivity contribution in [3.8, 4) is 0 Å². The molecule has 0 aromatic heterocycles. The molecule has 0 aromatic rings. The van der Waals surface area contributed by atoms with Crippen LogP contribution < -0.4 is 0 Å². The second kappa shape index (κ2) is 16.3. The molecular weight excluding hydrogens is 440 g/mol. The average molecular weight is 485 g/mol. The van der Waals surface area contributed by atoms with Crippen molar-refractivity contribution < 1.29 is 24.5 Å². The summed E-state index contributed by atoms with van der Waals surface area (Å²) in [6.07, 6.45) is 24.7. The van der Waals surface area contributed by atoms with Crippen molar-refractivity contribution in [3.63, 3.8) is 0 Å². The van der Waals surface area contributed by atoms with E-state index in [9.17, 15) is 19.8 Å². The molecule has 0 aromatic carbocycles. The number of carbonyl (C=O) groups excluding carboxylic acids is 2. The molecule has 5 heteroatoms. The number of ketones is 2. The van der Waals surface area contributed by atoms with Crippen LogP contribution >= 0.6 is 0 Å². The van der Waals surface area contributed by atoms with Gasteiger partial charge in [-0.3, -0.25) is 9.59 Å². The number of unbranched alkanes of at least 4 members (excludes halogenated alkanes) is 7. The summed E-state index contributed by atoms with van der Waals surface area (Å²) in [5.74, 6) is 0.128. The van der Waals surface area contributed by atoms with Crippen molar-refractivity contribution in [1.82, 2.24) is 0 Å². The van der Waals surface area contributed by atoms with Gasteiger partial charge in [-0.15, -0.1) is 0 Å². The van der Waals surface area contributed by atoms with Gasteiger partial charge < -0.3 is 14.9 Å². The summed E-state index contributed by atoms with van der Waals surface area (Å²) in [6, 6.07) is 0. The number of rotatable bonds is 17. The summed E-state index contributed by atoms with van der Waals surface area (Å²) in [6.45, 7) is 2.24. The number of hydrogen-bond acceptors (Lipinski definition) is 5. The highest BCUT2D eigenvalue weighted by Gasteiger charge is 2.21. The Hall–Kier alpha value is -2.40. The maximum atomic E-state index is 12.0. The van der Waals surface area contributed by atoms with Crippen molar-refractivity contribution in [2.24, 2.45) is 5.92 Å². The molecule has 0 saturated heterocycles. The number of aliphatic hydroxyl groups is 2. The van der Waals surface area contributed by atoms with Crippen LogP contribution in [0.25, 0.3) is 0 Å². The molecule has 0 bridgehead atoms. The third-order valence-corrected chi connectivity index (χ3v) is 6.84. The number of aliphatic hydroxyl groups excluding tert-OH is 2. The van der Waals surface area contributed by atoms with Crippen LogP contribution in [0.15, 0.2) is 59.1 Å². The van der Waals surface area contributed by atoms with E-state index < -0.39 is 6.10 Å². The first-order chi connectivity index (χ1) is 16.9. The van der Waals surface area contributed by atoms with E-state index in [1.165, 1.54) is 70.1 Å². The Bertz CT molecular complexity index is 843. The molecule has 2 N–H and O–H groups in total. The predicted molar refractivity (Wildman–Crippen MR) is 141 cm³/mol. The molecule has 0 aliphatic heterocycles. The van der Waals surface area contributed by atoms with Gasteiger partial charge in [0.15, 0.2) is 11.5 Å². The van der Waals surface area contributed by atoms with E-state index in [0.29, 0.717) is 24.3 Å². The second-order valence-electron chi connectivity index (χ2n) is 9.76. The summed E-state index contributed by atoms with van der Waals surface area (Å²) in [5, 5.41) is 20.3. The molecule has 35 heavy (non-hydrogen) atoms. The Kier molecular flexibility index (Phi) is 13.4. The predicted octanol–water partition coefficient (Wildman–Crippen LogP) is 6.99. The van der Waals surface area contributed by atoms with Crippen LogP contribution in [-0.2, 0) is 14.3 Å². The zero-order chi connectivity index (χ0) is 25.5. The Labute approximate surface area is 211 Å². The van der Waals surface area contributed by atoms with Gasteiger partial charge in [0.1, 0.15) is 0 Å². The molecular formula is C30H44O5. The quantitative estimate of drug-likeness (QED) is 0.217. The third kappa shape index (κ3) is 10.8. The molecule has 2 aliphatic rings. The molecule has 0 unspecified atom stereocenters. The van der Waals surface area contributed by atoms with Crippen LogP contribution in [0.3, 0.4) is 0 Å². The Balaban J connectivity index is 1.79. The van der Waals surface area contributed by atoms with Gasteiger partial charge in [0.05, 0.1) is 13.2 Å². The third-order valence-electron chi connectivity index (χ3n) is 6.84. The summed E-state index contributed by atoms with van der Waals surface area (Å²) in [4.78, 5) is 23.6. The number of hydrogen-bond donors (Lipinski definition) is 2. The minimum atomic E-state index is -0.609. The Morgan fingerprint density at radius 3 is 2.29 bits per heavy atom. The number of carbonyl (C=O) groups is 2. The van der Waals surface area contributed by atoms with E-state index in [1.54, 1.807) is 18.2 Å². The number of allylic oxidation sites excluding steroid dienone is 8. The molecule has 5 nitrogen and oxygen atoms in total. The lowest BCUT2D eigenvalue weighted by molar-refractivity contribution is -0.118. The van der Waals surface area contributed by atoms with Crippen molar-refractivity contribution in [1.29, 1.82) is 0 Å². The van der Waals surface area contributed by atoms with Crippen LogP contribution in [-0.4, -0.2) is 35.0 Å². The average Bonchev–Trinajstić information content (AvgIpc) is 2.83. The maximum absolute atomic E-state index is 12.0. The van der Waals surface area contributed by atoms with Crippen LogP contribution in [0.1, 0.15) is 96.8 Å². The second-order valence-corrected chi connectivity index (χ2v) is 9.76. The van der Waals surface area contributed by atoms with E-state index in [4.69, 9.17) is 4.74 Å². The van der Waals surface area contributed by atoms with E-state index in [1.807, 2.05) is 6.08 Å². The normalized spacial score (nSPS) is 18.1. The van der Waals surface area contributed by atoms with Crippen molar-refractivity contribution in [2.75, 3.05) is 7.11 Å². The van der Waals surface area contributed by atoms with E-state index in [2.05, 4.69) is 13.0 Å². The first-order valence-electron chi connectivity index (χ1n) is 13.4. The highest BCUT2D eigenvalue weighted by Crippen LogP contribution is 2.29. The van der Waals surface area contributed by atoms with E-state index in [0.717, 1.165) is 19.3 Å². The van der Waals surface area contributed by atoms with Crippen LogP contribution in [0, 0.1) is 5.92 Å². The summed E-state index contributed by atoms with van der Waals surface area (Å²) >= 11 is 0. The molecule has 2 rings (SSSR count). The van der Waals surface area contributed by atoms with Gasteiger partial charge in [0.2, 0.25) is 11.5 Å². The first kappa shape index (κ1) is 28.8. The lowest BCUT2D eigenvalue weighted by atomic mass is 9.85. The lowest BCUT2D eigenvalue weighted by Crippen LogP contribution is -2.13. The minimum absolute atomic E-state index is 0.0157. The Morgan fingerprint density at radius 1 is 0.971 bits per heavy atom. The van der Waals surface area contributed by atoms with Gasteiger partial charge >= 0.3 is 0 Å². The zero-order valence-electron chi connectivity index (χ0n) is 21.6. The SMILES string of the molecule is CCCCCCCCCC[C@@H](CCC[C@@H](O)C=CC1=CC(O)=C(OC)C(=O)C1)C1=CCC(=O)C=C1. The highest BCUT2D eigenvalue weighted by molar-refractivity contribution is 5.97. The molecule has 0 saturated carbocycles. The molecule has 0 radical (unpaired) electrons. The molecule has 0 spiro atoms. The van der Waals surface area contributed by atoms with Gasteiger partial charge in [-0.2, -0.15) is 0 Å². The van der Waals surface area contributed by atoms with Crippen molar-refractivity contribution in [2.45, 2.75) is 103 Å². The smallest absolute Gasteiger partial charge is 0.205 e. The molecule has 194 valence electrons. The summed E-state index contributed by atoms with van der Waals surface area (Å²) in [5.41, 5.74) is 1.92. The monoisotopic (exact) mass is 484 g/mol. The fourth-order valence-corrected chi connectivity index (χ4v) is 4.78. The molecule has 2 atom stereocenters. The van der Waals surface area contributed by atoms with Crippen LogP contribution in [0.5, 0.6) is 0 Å². The molecule has 0 heterocycles. The fraction of sp³-hybridized carbons (Fsp3) is 0.600. The number of ether oxygens (including phenoxy) is 1. The fourth-order valence-electron chi connectivity index (χ4n) is 4.78. The standard InChI is InChI=1S/C30H44O5/c1-3-4-5-6-7-8-9-10-12-24(25-16-19-27(32)20-17-25)13-11-14-26(31)18-15-23-21-28(33)30(35-2)29(34)22-23/h15-19,21,24,26,31,33H,3-14,20,22H2,1-2H3/t24-,26+/m0/s1. The molecule has 0 amide bonds. The lowest BCUT2D eigenvalue weighted by Gasteiger charge is -2.20. The number of Topliss-reactive ketones (excluding diaryl/α,β-unsaturated/α-hetero) is 1. The summed E-state index contributed by atoms with van der Waals surface area (Å²) in [7, 11) is 1.36. The largest absolute Gasteiger partial charge is 0.504 e.